The molecule has 0 aromatic heterocycles. The Morgan fingerprint density at radius 2 is 2.23 bits per heavy atom. The van der Waals surface area contributed by atoms with E-state index in [-0.39, 0.29) is 24.4 Å². The molecule has 1 aliphatic heterocycles. The van der Waals surface area contributed by atoms with Crippen LogP contribution >= 0.6 is 11.6 Å². The molecular formula is C15H19ClN2O4. The number of aliphatic hydroxyl groups is 1. The third kappa shape index (κ3) is 3.34. The van der Waals surface area contributed by atoms with Crippen molar-refractivity contribution in [3.8, 4) is 0 Å². The fourth-order valence-electron chi connectivity index (χ4n) is 2.84. The van der Waals surface area contributed by atoms with Crippen LogP contribution in [0.15, 0.2) is 18.2 Å². The van der Waals surface area contributed by atoms with Gasteiger partial charge in [0.25, 0.3) is 0 Å². The van der Waals surface area contributed by atoms with Gasteiger partial charge in [-0.05, 0) is 30.0 Å². The standard InChI is InChI=1S/C15H19ClN2O4/c1-9-10-3-2-4-12(13(19)8-17-14(20)7-16)11(10)5-6-18(9)15(21)22/h2-4,9,13,19H,5-8H2,1H3,(H,17,20)(H,21,22)/t9-,13?/m0/s1. The number of alkyl halides is 1. The van der Waals surface area contributed by atoms with E-state index in [1.165, 1.54) is 4.90 Å². The zero-order chi connectivity index (χ0) is 16.3. The van der Waals surface area contributed by atoms with Gasteiger partial charge in [0.15, 0.2) is 0 Å². The molecule has 0 radical (unpaired) electrons. The number of aliphatic hydroxyl groups excluding tert-OH is 1. The number of halogens is 1. The molecular weight excluding hydrogens is 308 g/mol. The molecule has 0 saturated carbocycles. The van der Waals surface area contributed by atoms with Gasteiger partial charge in [-0.25, -0.2) is 4.79 Å². The Morgan fingerprint density at radius 3 is 2.86 bits per heavy atom. The van der Waals surface area contributed by atoms with E-state index in [1.807, 2.05) is 13.0 Å². The van der Waals surface area contributed by atoms with Crippen molar-refractivity contribution in [2.45, 2.75) is 25.5 Å². The lowest BCUT2D eigenvalue weighted by molar-refractivity contribution is -0.119. The largest absolute Gasteiger partial charge is 0.465 e. The first kappa shape index (κ1) is 16.6. The van der Waals surface area contributed by atoms with Gasteiger partial charge in [-0.2, -0.15) is 0 Å². The van der Waals surface area contributed by atoms with E-state index in [0.29, 0.717) is 13.0 Å². The Hall–Kier alpha value is -1.79. The maximum absolute atomic E-state index is 11.2. The Balaban J connectivity index is 2.22. The van der Waals surface area contributed by atoms with Crippen molar-refractivity contribution in [3.63, 3.8) is 0 Å². The number of amides is 2. The van der Waals surface area contributed by atoms with Crippen LogP contribution in [0.25, 0.3) is 0 Å². The molecule has 0 fully saturated rings. The minimum absolute atomic E-state index is 0.0824. The Kier molecular flexibility index (Phi) is 5.26. The summed E-state index contributed by atoms with van der Waals surface area (Å²) in [6.07, 6.45) is -1.24. The van der Waals surface area contributed by atoms with E-state index in [0.717, 1.165) is 16.7 Å². The molecule has 0 spiro atoms. The second-order valence-electron chi connectivity index (χ2n) is 5.27. The maximum atomic E-state index is 11.2. The van der Waals surface area contributed by atoms with Gasteiger partial charge in [0.05, 0.1) is 12.1 Å². The van der Waals surface area contributed by atoms with Crippen LogP contribution in [0, 0.1) is 0 Å². The highest BCUT2D eigenvalue weighted by Crippen LogP contribution is 2.33. The molecule has 2 atom stereocenters. The molecule has 7 heteroatoms. The van der Waals surface area contributed by atoms with Crippen molar-refractivity contribution in [2.24, 2.45) is 0 Å². The van der Waals surface area contributed by atoms with Gasteiger partial charge in [0.2, 0.25) is 5.91 Å². The number of nitrogens with one attached hydrogen (secondary N) is 1. The van der Waals surface area contributed by atoms with Gasteiger partial charge in [-0.15, -0.1) is 11.6 Å². The van der Waals surface area contributed by atoms with Crippen LogP contribution in [0.4, 0.5) is 4.79 Å². The topological polar surface area (TPSA) is 89.9 Å². The molecule has 1 heterocycles. The van der Waals surface area contributed by atoms with E-state index in [2.05, 4.69) is 5.32 Å². The van der Waals surface area contributed by atoms with Gasteiger partial charge < -0.3 is 20.4 Å². The molecule has 22 heavy (non-hydrogen) atoms. The number of nitrogens with zero attached hydrogens (tertiary/aromatic N) is 1. The zero-order valence-corrected chi connectivity index (χ0v) is 13.0. The first-order valence-electron chi connectivity index (χ1n) is 7.07. The summed E-state index contributed by atoms with van der Waals surface area (Å²) in [5.41, 5.74) is 2.58. The summed E-state index contributed by atoms with van der Waals surface area (Å²) in [5, 5.41) is 22.0. The summed E-state index contributed by atoms with van der Waals surface area (Å²) >= 11 is 5.41. The monoisotopic (exact) mass is 326 g/mol. The lowest BCUT2D eigenvalue weighted by Crippen LogP contribution is -2.38. The lowest BCUT2D eigenvalue weighted by atomic mass is 9.88. The Morgan fingerprint density at radius 1 is 1.50 bits per heavy atom. The molecule has 120 valence electrons. The highest BCUT2D eigenvalue weighted by atomic mass is 35.5. The fraction of sp³-hybridized carbons (Fsp3) is 0.467. The molecule has 1 aromatic carbocycles. The minimum atomic E-state index is -0.946. The van der Waals surface area contributed by atoms with Gasteiger partial charge in [-0.1, -0.05) is 18.2 Å². The van der Waals surface area contributed by atoms with Crippen molar-refractivity contribution in [1.82, 2.24) is 10.2 Å². The predicted octanol–water partition coefficient (Wildman–Crippen LogP) is 1.67. The number of fused-ring (bicyclic) bond motifs is 1. The van der Waals surface area contributed by atoms with E-state index in [4.69, 9.17) is 11.6 Å². The number of benzene rings is 1. The Labute approximate surface area is 133 Å². The van der Waals surface area contributed by atoms with Crippen molar-refractivity contribution in [3.05, 3.63) is 34.9 Å². The number of carbonyl (C=O) groups excluding carboxylic acids is 1. The predicted molar refractivity (Wildman–Crippen MR) is 82.0 cm³/mol. The molecule has 1 aromatic rings. The molecule has 0 bridgehead atoms. The summed E-state index contributed by atoms with van der Waals surface area (Å²) in [6.45, 7) is 2.30. The van der Waals surface area contributed by atoms with Crippen LogP contribution in [0.1, 0.15) is 35.8 Å². The van der Waals surface area contributed by atoms with Crippen LogP contribution in [-0.2, 0) is 11.2 Å². The van der Waals surface area contributed by atoms with E-state index < -0.39 is 12.2 Å². The van der Waals surface area contributed by atoms with Crippen LogP contribution in [0.3, 0.4) is 0 Å². The average molecular weight is 327 g/mol. The number of carbonyl (C=O) groups is 2. The van der Waals surface area contributed by atoms with E-state index in [1.54, 1.807) is 12.1 Å². The number of carboxylic acid groups (broad SMARTS) is 1. The third-order valence-electron chi connectivity index (χ3n) is 3.99. The molecule has 1 unspecified atom stereocenters. The van der Waals surface area contributed by atoms with Crippen LogP contribution in [0.5, 0.6) is 0 Å². The normalized spacial score (nSPS) is 18.5. The SMILES string of the molecule is C[C@H]1c2cccc(C(O)CNC(=O)CCl)c2CCN1C(=O)O. The number of hydrogen-bond donors (Lipinski definition) is 3. The smallest absolute Gasteiger partial charge is 0.407 e. The molecule has 6 nitrogen and oxygen atoms in total. The van der Waals surface area contributed by atoms with Crippen molar-refractivity contribution in [2.75, 3.05) is 19.0 Å². The molecule has 3 N–H and O–H groups in total. The molecule has 2 rings (SSSR count). The Bertz CT molecular complexity index is 579. The van der Waals surface area contributed by atoms with Gasteiger partial charge >= 0.3 is 6.09 Å². The van der Waals surface area contributed by atoms with Crippen molar-refractivity contribution in [1.29, 1.82) is 0 Å². The summed E-state index contributed by atoms with van der Waals surface area (Å²) in [4.78, 5) is 23.8. The van der Waals surface area contributed by atoms with Crippen LogP contribution in [-0.4, -0.2) is 46.1 Å². The maximum Gasteiger partial charge on any atom is 0.407 e. The highest BCUT2D eigenvalue weighted by molar-refractivity contribution is 6.27. The third-order valence-corrected chi connectivity index (χ3v) is 4.23. The summed E-state index contributed by atoms with van der Waals surface area (Å²) in [6, 6.07) is 5.22. The first-order valence-corrected chi connectivity index (χ1v) is 7.61. The number of hydrogen-bond acceptors (Lipinski definition) is 3. The molecule has 0 saturated heterocycles. The van der Waals surface area contributed by atoms with Gasteiger partial charge in [0, 0.05) is 13.1 Å². The zero-order valence-electron chi connectivity index (χ0n) is 12.3. The van der Waals surface area contributed by atoms with Crippen LogP contribution < -0.4 is 5.32 Å². The van der Waals surface area contributed by atoms with E-state index >= 15 is 0 Å². The second kappa shape index (κ2) is 6.98. The summed E-state index contributed by atoms with van der Waals surface area (Å²) in [7, 11) is 0. The van der Waals surface area contributed by atoms with Gasteiger partial charge in [0.1, 0.15) is 5.88 Å². The lowest BCUT2D eigenvalue weighted by Gasteiger charge is -2.34. The molecule has 1 aliphatic rings. The summed E-state index contributed by atoms with van der Waals surface area (Å²) < 4.78 is 0. The molecule has 2 amide bonds. The van der Waals surface area contributed by atoms with E-state index in [9.17, 15) is 19.8 Å². The van der Waals surface area contributed by atoms with Crippen molar-refractivity contribution < 1.29 is 19.8 Å². The van der Waals surface area contributed by atoms with Gasteiger partial charge in [-0.3, -0.25) is 4.79 Å². The van der Waals surface area contributed by atoms with Crippen LogP contribution in [0.2, 0.25) is 0 Å². The second-order valence-corrected chi connectivity index (χ2v) is 5.54. The molecule has 0 aliphatic carbocycles. The first-order chi connectivity index (χ1) is 10.5. The highest BCUT2D eigenvalue weighted by Gasteiger charge is 2.29. The average Bonchev–Trinajstić information content (AvgIpc) is 2.51. The fourth-order valence-corrected chi connectivity index (χ4v) is 2.93. The minimum Gasteiger partial charge on any atom is -0.465 e. The summed E-state index contributed by atoms with van der Waals surface area (Å²) in [5.74, 6) is -0.486. The quantitative estimate of drug-likeness (QED) is 0.734. The number of rotatable bonds is 4. The van der Waals surface area contributed by atoms with Crippen molar-refractivity contribution >= 4 is 23.6 Å².